The summed E-state index contributed by atoms with van der Waals surface area (Å²) >= 11 is 4.70. The summed E-state index contributed by atoms with van der Waals surface area (Å²) < 4.78 is 25.0. The van der Waals surface area contributed by atoms with E-state index in [2.05, 4.69) is 26.2 Å². The van der Waals surface area contributed by atoms with E-state index >= 15 is 0 Å². The summed E-state index contributed by atoms with van der Waals surface area (Å²) in [6.45, 7) is 1.86. The molecule has 0 unspecified atom stereocenters. The zero-order valence-corrected chi connectivity index (χ0v) is 15.6. The first-order valence-corrected chi connectivity index (χ1v) is 9.04. The highest BCUT2D eigenvalue weighted by atomic mass is 79.9. The largest absolute Gasteiger partial charge is 0.481 e. The van der Waals surface area contributed by atoms with Crippen molar-refractivity contribution in [3.63, 3.8) is 0 Å². The van der Waals surface area contributed by atoms with Crippen LogP contribution in [0.5, 0.6) is 5.75 Å². The first kappa shape index (κ1) is 17.6. The van der Waals surface area contributed by atoms with Gasteiger partial charge in [-0.25, -0.2) is 9.37 Å². The summed E-state index contributed by atoms with van der Waals surface area (Å²) in [5, 5.41) is 5.53. The highest BCUT2D eigenvalue weighted by molar-refractivity contribution is 9.10. The number of aryl methyl sites for hydroxylation is 1. The number of carbonyl (C=O) groups excluding carboxylic acids is 1. The van der Waals surface area contributed by atoms with Gasteiger partial charge >= 0.3 is 0 Å². The highest BCUT2D eigenvalue weighted by Crippen LogP contribution is 2.24. The van der Waals surface area contributed by atoms with Gasteiger partial charge in [-0.2, -0.15) is 0 Å². The number of rotatable bonds is 6. The number of hydrogen-bond donors (Lipinski definition) is 1. The van der Waals surface area contributed by atoms with E-state index in [0.717, 1.165) is 10.7 Å². The van der Waals surface area contributed by atoms with E-state index in [1.54, 1.807) is 23.5 Å². The average Bonchev–Trinajstić information content (AvgIpc) is 3.21. The van der Waals surface area contributed by atoms with E-state index in [9.17, 15) is 9.18 Å². The number of hydrogen-bond acceptors (Lipinski definition) is 5. The molecule has 1 amide bonds. The fourth-order valence-corrected chi connectivity index (χ4v) is 2.99. The molecule has 0 fully saturated rings. The van der Waals surface area contributed by atoms with Gasteiger partial charge in [0.1, 0.15) is 11.5 Å². The van der Waals surface area contributed by atoms with Crippen molar-refractivity contribution in [2.75, 3.05) is 6.61 Å². The Morgan fingerprint density at radius 3 is 2.96 bits per heavy atom. The summed E-state index contributed by atoms with van der Waals surface area (Å²) in [6.07, 6.45) is 0. The third kappa shape index (κ3) is 4.67. The van der Waals surface area contributed by atoms with Crippen molar-refractivity contribution in [1.29, 1.82) is 0 Å². The van der Waals surface area contributed by atoms with Gasteiger partial charge in [-0.05, 0) is 37.3 Å². The van der Waals surface area contributed by atoms with Crippen LogP contribution in [0.3, 0.4) is 0 Å². The van der Waals surface area contributed by atoms with Crippen molar-refractivity contribution in [1.82, 2.24) is 10.3 Å². The summed E-state index contributed by atoms with van der Waals surface area (Å²) in [6, 6.07) is 7.96. The first-order valence-electron chi connectivity index (χ1n) is 7.37. The maximum Gasteiger partial charge on any atom is 0.258 e. The minimum Gasteiger partial charge on any atom is -0.481 e. The Balaban J connectivity index is 1.50. The number of nitrogens with zero attached hydrogens (tertiary/aromatic N) is 1. The molecule has 3 rings (SSSR count). The summed E-state index contributed by atoms with van der Waals surface area (Å²) in [4.78, 5) is 16.2. The topological polar surface area (TPSA) is 64.4 Å². The lowest BCUT2D eigenvalue weighted by Crippen LogP contribution is -2.28. The van der Waals surface area contributed by atoms with Crippen LogP contribution in [-0.4, -0.2) is 17.5 Å². The second-order valence-corrected chi connectivity index (χ2v) is 7.14. The number of halogens is 2. The van der Waals surface area contributed by atoms with Crippen LogP contribution in [-0.2, 0) is 11.3 Å². The second kappa shape index (κ2) is 7.79. The Kier molecular flexibility index (Phi) is 5.50. The fourth-order valence-electron chi connectivity index (χ4n) is 2.06. The molecule has 8 heteroatoms. The molecule has 3 aromatic rings. The molecule has 0 aliphatic carbocycles. The van der Waals surface area contributed by atoms with Gasteiger partial charge in [0.05, 0.1) is 11.6 Å². The van der Waals surface area contributed by atoms with Crippen LogP contribution in [0.4, 0.5) is 4.39 Å². The number of furan rings is 1. The third-order valence-electron chi connectivity index (χ3n) is 3.25. The molecule has 0 spiro atoms. The number of ether oxygens (including phenoxy) is 1. The average molecular weight is 425 g/mol. The zero-order chi connectivity index (χ0) is 17.8. The molecule has 0 aliphatic heterocycles. The molecule has 0 aliphatic rings. The Labute approximate surface area is 156 Å². The predicted molar refractivity (Wildman–Crippen MR) is 96.0 cm³/mol. The molecule has 5 nitrogen and oxygen atoms in total. The van der Waals surface area contributed by atoms with Crippen LogP contribution in [0.15, 0.2) is 44.6 Å². The quantitative estimate of drug-likeness (QED) is 0.640. The van der Waals surface area contributed by atoms with Gasteiger partial charge in [-0.1, -0.05) is 15.9 Å². The normalized spacial score (nSPS) is 10.7. The maximum atomic E-state index is 13.6. The van der Waals surface area contributed by atoms with Gasteiger partial charge in [0.25, 0.3) is 5.91 Å². The lowest BCUT2D eigenvalue weighted by molar-refractivity contribution is -0.123. The van der Waals surface area contributed by atoms with Crippen LogP contribution >= 0.6 is 27.3 Å². The number of carbonyl (C=O) groups is 1. The van der Waals surface area contributed by atoms with Crippen LogP contribution in [0.25, 0.3) is 11.5 Å². The predicted octanol–water partition coefficient (Wildman–Crippen LogP) is 4.31. The summed E-state index contributed by atoms with van der Waals surface area (Å²) in [5.41, 5.74) is 0.772. The maximum absolute atomic E-state index is 13.6. The minimum atomic E-state index is -0.531. The molecule has 25 heavy (non-hydrogen) atoms. The summed E-state index contributed by atoms with van der Waals surface area (Å²) in [7, 11) is 0. The monoisotopic (exact) mass is 424 g/mol. The molecule has 0 bridgehead atoms. The number of benzene rings is 1. The Hall–Kier alpha value is -2.19. The third-order valence-corrected chi connectivity index (χ3v) is 4.51. The molecule has 2 heterocycles. The van der Waals surface area contributed by atoms with Crippen molar-refractivity contribution in [3.8, 4) is 17.2 Å². The highest BCUT2D eigenvalue weighted by Gasteiger charge is 2.10. The smallest absolute Gasteiger partial charge is 0.258 e. The fraction of sp³-hybridized carbons (Fsp3) is 0.176. The van der Waals surface area contributed by atoms with Crippen molar-refractivity contribution in [2.24, 2.45) is 0 Å². The number of nitrogens with one attached hydrogen (secondary N) is 1. The Morgan fingerprint density at radius 2 is 2.24 bits per heavy atom. The van der Waals surface area contributed by atoms with Crippen molar-refractivity contribution in [3.05, 3.63) is 56.8 Å². The standard InChI is InChI=1S/C17H14BrFN2O3S/c1-10-21-14(9-25-10)16-5-3-12(24-16)7-20-17(22)8-23-15-4-2-11(18)6-13(15)19/h2-6,9H,7-8H2,1H3,(H,20,22). The van der Waals surface area contributed by atoms with Gasteiger partial charge in [0, 0.05) is 9.85 Å². The molecular formula is C17H14BrFN2O3S. The molecule has 2 aromatic heterocycles. The lowest BCUT2D eigenvalue weighted by Gasteiger charge is -2.07. The molecule has 1 aromatic carbocycles. The van der Waals surface area contributed by atoms with Crippen molar-refractivity contribution >= 4 is 33.2 Å². The molecule has 0 saturated carbocycles. The Bertz CT molecular complexity index is 894. The molecule has 0 atom stereocenters. The van der Waals surface area contributed by atoms with Gasteiger partial charge in [0.15, 0.2) is 23.9 Å². The first-order chi connectivity index (χ1) is 12.0. The van der Waals surface area contributed by atoms with Gasteiger partial charge < -0.3 is 14.5 Å². The van der Waals surface area contributed by atoms with Gasteiger partial charge in [-0.15, -0.1) is 11.3 Å². The summed E-state index contributed by atoms with van der Waals surface area (Å²) in [5.74, 6) is 0.379. The molecule has 0 radical (unpaired) electrons. The second-order valence-electron chi connectivity index (χ2n) is 5.16. The minimum absolute atomic E-state index is 0.0255. The lowest BCUT2D eigenvalue weighted by atomic mass is 10.3. The van der Waals surface area contributed by atoms with E-state index in [0.29, 0.717) is 16.0 Å². The van der Waals surface area contributed by atoms with E-state index < -0.39 is 5.82 Å². The van der Waals surface area contributed by atoms with E-state index in [-0.39, 0.29) is 24.8 Å². The van der Waals surface area contributed by atoms with Crippen LogP contribution in [0.2, 0.25) is 0 Å². The van der Waals surface area contributed by atoms with E-state index in [1.807, 2.05) is 18.4 Å². The number of thiazole rings is 1. The number of aromatic nitrogens is 1. The van der Waals surface area contributed by atoms with Gasteiger partial charge in [0.2, 0.25) is 0 Å². The number of amides is 1. The van der Waals surface area contributed by atoms with E-state index in [4.69, 9.17) is 9.15 Å². The zero-order valence-electron chi connectivity index (χ0n) is 13.2. The molecule has 130 valence electrons. The SMILES string of the molecule is Cc1nc(-c2ccc(CNC(=O)COc3ccc(Br)cc3F)o2)cs1. The van der Waals surface area contributed by atoms with E-state index in [1.165, 1.54) is 12.1 Å². The van der Waals surface area contributed by atoms with Crippen molar-refractivity contribution < 1.29 is 18.3 Å². The molecular weight excluding hydrogens is 411 g/mol. The van der Waals surface area contributed by atoms with Crippen LogP contribution in [0.1, 0.15) is 10.8 Å². The molecule has 0 saturated heterocycles. The molecule has 1 N–H and O–H groups in total. The van der Waals surface area contributed by atoms with Crippen molar-refractivity contribution in [2.45, 2.75) is 13.5 Å². The Morgan fingerprint density at radius 1 is 1.40 bits per heavy atom. The van der Waals surface area contributed by atoms with Crippen LogP contribution in [0, 0.1) is 12.7 Å². The van der Waals surface area contributed by atoms with Crippen LogP contribution < -0.4 is 10.1 Å². The van der Waals surface area contributed by atoms with Gasteiger partial charge in [-0.3, -0.25) is 4.79 Å².